The third kappa shape index (κ3) is 3.58. The van der Waals surface area contributed by atoms with Crippen LogP contribution < -0.4 is 5.56 Å². The molecule has 6 rings (SSSR count). The molecule has 1 aliphatic carbocycles. The molecule has 0 spiro atoms. The molecule has 0 radical (unpaired) electrons. The van der Waals surface area contributed by atoms with Crippen LogP contribution in [0.1, 0.15) is 42.9 Å². The highest BCUT2D eigenvalue weighted by molar-refractivity contribution is 6.06. The first kappa shape index (κ1) is 20.7. The van der Waals surface area contributed by atoms with Crippen LogP contribution in [0, 0.1) is 0 Å². The van der Waals surface area contributed by atoms with Crippen molar-refractivity contribution >= 4 is 21.7 Å². The Hall–Kier alpha value is -3.84. The van der Waals surface area contributed by atoms with Gasteiger partial charge >= 0.3 is 0 Å². The molecule has 0 amide bonds. The molecule has 34 heavy (non-hydrogen) atoms. The summed E-state index contributed by atoms with van der Waals surface area (Å²) in [6.07, 6.45) is 10.7. The maximum atomic E-state index is 13.6. The number of nitrogens with zero attached hydrogens (tertiary/aromatic N) is 5. The van der Waals surface area contributed by atoms with Crippen molar-refractivity contribution in [1.82, 2.24) is 24.3 Å². The van der Waals surface area contributed by atoms with Crippen molar-refractivity contribution in [3.63, 3.8) is 0 Å². The molecule has 0 bridgehead atoms. The smallest absolute Gasteiger partial charge is 0.261 e. The summed E-state index contributed by atoms with van der Waals surface area (Å²) in [7, 11) is 0. The van der Waals surface area contributed by atoms with E-state index in [0.29, 0.717) is 17.3 Å². The third-order valence-electron chi connectivity index (χ3n) is 6.87. The second kappa shape index (κ2) is 8.50. The monoisotopic (exact) mass is 451 g/mol. The minimum absolute atomic E-state index is 0.0879. The van der Waals surface area contributed by atoms with Gasteiger partial charge < -0.3 is 5.11 Å². The van der Waals surface area contributed by atoms with Gasteiger partial charge in [-0.25, -0.2) is 14.6 Å². The van der Waals surface area contributed by atoms with Gasteiger partial charge in [-0.2, -0.15) is 5.10 Å². The number of pyridine rings is 1. The lowest BCUT2D eigenvalue weighted by molar-refractivity contribution is 0.0735. The summed E-state index contributed by atoms with van der Waals surface area (Å²) >= 11 is 0. The summed E-state index contributed by atoms with van der Waals surface area (Å²) in [6.45, 7) is 0. The SMILES string of the molecule is O=c1c2cc(Cc3ccc(-n4cccn4)nc3)c3ccccc3c2ncn1C1CCCCC1O. The summed E-state index contributed by atoms with van der Waals surface area (Å²) in [5.74, 6) is 0.759. The second-order valence-corrected chi connectivity index (χ2v) is 9.01. The van der Waals surface area contributed by atoms with Gasteiger partial charge in [-0.3, -0.25) is 9.36 Å². The average molecular weight is 452 g/mol. The van der Waals surface area contributed by atoms with Crippen LogP contribution >= 0.6 is 0 Å². The standard InChI is InChI=1S/C27H25N5O2/c33-24-9-4-3-8-23(24)31-17-29-26-21-7-2-1-6-20(21)19(15-22(26)27(31)34)14-18-10-11-25(28-16-18)32-13-5-12-30-32/h1-2,5-7,10-13,15-17,23-24,33H,3-4,8-9,14H2. The summed E-state index contributed by atoms with van der Waals surface area (Å²) in [5, 5.41) is 17.4. The zero-order valence-corrected chi connectivity index (χ0v) is 18.7. The highest BCUT2D eigenvalue weighted by Gasteiger charge is 2.26. The van der Waals surface area contributed by atoms with Crippen LogP contribution in [0.2, 0.25) is 0 Å². The van der Waals surface area contributed by atoms with Gasteiger partial charge in [0.25, 0.3) is 5.56 Å². The molecule has 2 aromatic carbocycles. The van der Waals surface area contributed by atoms with Crippen LogP contribution in [0.4, 0.5) is 0 Å². The molecule has 3 heterocycles. The fraction of sp³-hybridized carbons (Fsp3) is 0.259. The van der Waals surface area contributed by atoms with E-state index in [1.165, 1.54) is 0 Å². The Balaban J connectivity index is 1.45. The van der Waals surface area contributed by atoms with Crippen molar-refractivity contribution in [2.75, 3.05) is 0 Å². The van der Waals surface area contributed by atoms with E-state index >= 15 is 0 Å². The predicted octanol–water partition coefficient (Wildman–Crippen LogP) is 4.20. The average Bonchev–Trinajstić information content (AvgIpc) is 3.41. The molecule has 0 aliphatic heterocycles. The van der Waals surface area contributed by atoms with Gasteiger partial charge in [-0.05, 0) is 54.0 Å². The van der Waals surface area contributed by atoms with E-state index in [4.69, 9.17) is 4.98 Å². The van der Waals surface area contributed by atoms with Crippen molar-refractivity contribution in [3.05, 3.63) is 94.9 Å². The predicted molar refractivity (Wildman–Crippen MR) is 131 cm³/mol. The lowest BCUT2D eigenvalue weighted by Crippen LogP contribution is -2.34. The van der Waals surface area contributed by atoms with E-state index in [2.05, 4.69) is 16.1 Å². The van der Waals surface area contributed by atoms with E-state index in [9.17, 15) is 9.90 Å². The van der Waals surface area contributed by atoms with Gasteiger partial charge in [0, 0.05) is 24.0 Å². The largest absolute Gasteiger partial charge is 0.391 e. The Morgan fingerprint density at radius 1 is 0.971 bits per heavy atom. The zero-order chi connectivity index (χ0) is 23.1. The van der Waals surface area contributed by atoms with E-state index in [-0.39, 0.29) is 11.6 Å². The van der Waals surface area contributed by atoms with E-state index in [0.717, 1.165) is 53.4 Å². The van der Waals surface area contributed by atoms with Crippen LogP contribution in [0.15, 0.2) is 78.2 Å². The number of fused-ring (bicyclic) bond motifs is 3. The van der Waals surface area contributed by atoms with Crippen LogP contribution in [0.3, 0.4) is 0 Å². The van der Waals surface area contributed by atoms with Crippen molar-refractivity contribution in [2.24, 2.45) is 0 Å². The topological polar surface area (TPSA) is 85.8 Å². The molecule has 170 valence electrons. The van der Waals surface area contributed by atoms with Gasteiger partial charge in [0.15, 0.2) is 5.82 Å². The first-order valence-corrected chi connectivity index (χ1v) is 11.7. The molecule has 0 saturated heterocycles. The molecular weight excluding hydrogens is 426 g/mol. The normalized spacial score (nSPS) is 18.5. The molecule has 1 saturated carbocycles. The number of rotatable bonds is 4. The maximum absolute atomic E-state index is 13.6. The maximum Gasteiger partial charge on any atom is 0.261 e. The van der Waals surface area contributed by atoms with Gasteiger partial charge in [0.1, 0.15) is 0 Å². The van der Waals surface area contributed by atoms with Gasteiger partial charge in [-0.15, -0.1) is 0 Å². The molecule has 2 unspecified atom stereocenters. The Morgan fingerprint density at radius 2 is 1.82 bits per heavy atom. The Bertz CT molecular complexity index is 1520. The van der Waals surface area contributed by atoms with Gasteiger partial charge in [0.2, 0.25) is 0 Å². The molecule has 1 fully saturated rings. The van der Waals surface area contributed by atoms with Crippen LogP contribution in [-0.2, 0) is 6.42 Å². The summed E-state index contributed by atoms with van der Waals surface area (Å²) in [6, 6.07) is 15.7. The number of aromatic nitrogens is 5. The molecular formula is C27H25N5O2. The first-order valence-electron chi connectivity index (χ1n) is 11.7. The number of aliphatic hydroxyl groups excluding tert-OH is 1. The third-order valence-corrected chi connectivity index (χ3v) is 6.87. The molecule has 7 heteroatoms. The van der Waals surface area contributed by atoms with Gasteiger partial charge in [0.05, 0.1) is 29.4 Å². The number of aliphatic hydroxyl groups is 1. The fourth-order valence-corrected chi connectivity index (χ4v) is 5.13. The minimum Gasteiger partial charge on any atom is -0.391 e. The minimum atomic E-state index is -0.509. The Labute approximate surface area is 196 Å². The van der Waals surface area contributed by atoms with Gasteiger partial charge in [-0.1, -0.05) is 43.2 Å². The first-order chi connectivity index (χ1) is 16.7. The van der Waals surface area contributed by atoms with E-state index in [1.807, 2.05) is 54.9 Å². The Kier molecular flexibility index (Phi) is 5.19. The second-order valence-electron chi connectivity index (χ2n) is 9.01. The number of hydrogen-bond acceptors (Lipinski definition) is 5. The zero-order valence-electron chi connectivity index (χ0n) is 18.7. The highest BCUT2D eigenvalue weighted by Crippen LogP contribution is 2.30. The van der Waals surface area contributed by atoms with Crippen molar-refractivity contribution < 1.29 is 5.11 Å². The lowest BCUT2D eigenvalue weighted by Gasteiger charge is -2.29. The summed E-state index contributed by atoms with van der Waals surface area (Å²) in [5.41, 5.74) is 2.72. The van der Waals surface area contributed by atoms with Crippen LogP contribution in [0.5, 0.6) is 0 Å². The van der Waals surface area contributed by atoms with E-state index in [1.54, 1.807) is 21.8 Å². The van der Waals surface area contributed by atoms with E-state index < -0.39 is 6.10 Å². The lowest BCUT2D eigenvalue weighted by atomic mass is 9.92. The van der Waals surface area contributed by atoms with Crippen molar-refractivity contribution in [1.29, 1.82) is 0 Å². The highest BCUT2D eigenvalue weighted by atomic mass is 16.3. The quantitative estimate of drug-likeness (QED) is 0.414. The number of hydrogen-bond donors (Lipinski definition) is 1. The molecule has 3 aromatic heterocycles. The molecule has 5 aromatic rings. The molecule has 1 N–H and O–H groups in total. The number of benzene rings is 2. The van der Waals surface area contributed by atoms with Crippen LogP contribution in [0.25, 0.3) is 27.5 Å². The molecule has 7 nitrogen and oxygen atoms in total. The summed E-state index contributed by atoms with van der Waals surface area (Å²) < 4.78 is 3.37. The molecule has 1 aliphatic rings. The van der Waals surface area contributed by atoms with Crippen molar-refractivity contribution in [3.8, 4) is 5.82 Å². The Morgan fingerprint density at radius 3 is 2.59 bits per heavy atom. The van der Waals surface area contributed by atoms with Crippen LogP contribution in [-0.4, -0.2) is 35.5 Å². The fourth-order valence-electron chi connectivity index (χ4n) is 5.13. The summed E-state index contributed by atoms with van der Waals surface area (Å²) in [4.78, 5) is 22.8. The molecule has 2 atom stereocenters. The van der Waals surface area contributed by atoms with Crippen molar-refractivity contribution in [2.45, 2.75) is 44.2 Å².